The molecule has 7 heteroatoms. The first-order chi connectivity index (χ1) is 10.4. The molecule has 0 unspecified atom stereocenters. The van der Waals surface area contributed by atoms with Crippen LogP contribution < -0.4 is 4.74 Å². The van der Waals surface area contributed by atoms with E-state index in [2.05, 4.69) is 0 Å². The molecule has 0 saturated carbocycles. The highest BCUT2D eigenvalue weighted by atomic mass is 35.5. The second-order valence-corrected chi connectivity index (χ2v) is 5.70. The van der Waals surface area contributed by atoms with Gasteiger partial charge >= 0.3 is 5.97 Å². The van der Waals surface area contributed by atoms with Crippen LogP contribution in [0, 0.1) is 11.7 Å². The molecule has 2 atom stereocenters. The largest absolute Gasteiger partial charge is 0.481 e. The molecule has 0 spiro atoms. The van der Waals surface area contributed by atoms with E-state index in [0.29, 0.717) is 19.4 Å². The number of aliphatic carboxylic acids is 1. The number of carbonyl (C=O) groups is 2. The topological polar surface area (TPSA) is 66.8 Å². The number of hydrogen-bond acceptors (Lipinski definition) is 3. The molecule has 0 aliphatic carbocycles. The molecular formula is C15H17ClFNO4. The van der Waals surface area contributed by atoms with Crippen LogP contribution in [0.1, 0.15) is 19.8 Å². The zero-order chi connectivity index (χ0) is 16.3. The summed E-state index contributed by atoms with van der Waals surface area (Å²) < 4.78 is 18.5. The molecule has 1 amide bonds. The van der Waals surface area contributed by atoms with Crippen LogP contribution in [0.5, 0.6) is 5.75 Å². The second kappa shape index (κ2) is 6.96. The SMILES string of the molecule is C[C@H](Oc1ccc(F)cc1Cl)C(=O)N1CCC[C@@H](C(=O)O)C1. The molecular weight excluding hydrogens is 313 g/mol. The van der Waals surface area contributed by atoms with Crippen molar-refractivity contribution in [1.82, 2.24) is 4.90 Å². The van der Waals surface area contributed by atoms with Crippen molar-refractivity contribution in [3.8, 4) is 5.75 Å². The Morgan fingerprint density at radius 3 is 2.86 bits per heavy atom. The third-order valence-electron chi connectivity index (χ3n) is 3.63. The molecule has 0 aromatic heterocycles. The van der Waals surface area contributed by atoms with Gasteiger partial charge in [-0.2, -0.15) is 0 Å². The lowest BCUT2D eigenvalue weighted by molar-refractivity contribution is -0.147. The van der Waals surface area contributed by atoms with Gasteiger partial charge in [-0.05, 0) is 38.0 Å². The van der Waals surface area contributed by atoms with Crippen molar-refractivity contribution in [2.24, 2.45) is 5.92 Å². The number of piperidine rings is 1. The van der Waals surface area contributed by atoms with Gasteiger partial charge in [-0.1, -0.05) is 11.6 Å². The van der Waals surface area contributed by atoms with Gasteiger partial charge in [0.15, 0.2) is 6.10 Å². The Balaban J connectivity index is 2.01. The summed E-state index contributed by atoms with van der Waals surface area (Å²) in [6.45, 7) is 2.25. The fourth-order valence-electron chi connectivity index (χ4n) is 2.45. The van der Waals surface area contributed by atoms with Crippen molar-refractivity contribution in [2.45, 2.75) is 25.9 Å². The maximum absolute atomic E-state index is 13.0. The van der Waals surface area contributed by atoms with Crippen LogP contribution >= 0.6 is 11.6 Å². The molecule has 0 bridgehead atoms. The highest BCUT2D eigenvalue weighted by molar-refractivity contribution is 6.32. The number of carboxylic acid groups (broad SMARTS) is 1. The predicted molar refractivity (Wildman–Crippen MR) is 78.4 cm³/mol. The highest BCUT2D eigenvalue weighted by Crippen LogP contribution is 2.26. The molecule has 1 heterocycles. The molecule has 1 fully saturated rings. The number of nitrogens with zero attached hydrogens (tertiary/aromatic N) is 1. The lowest BCUT2D eigenvalue weighted by atomic mass is 9.98. The lowest BCUT2D eigenvalue weighted by Crippen LogP contribution is -2.47. The number of halogens is 2. The quantitative estimate of drug-likeness (QED) is 0.922. The predicted octanol–water partition coefficient (Wildman–Crippen LogP) is 2.57. The summed E-state index contributed by atoms with van der Waals surface area (Å²) in [4.78, 5) is 24.9. The third-order valence-corrected chi connectivity index (χ3v) is 3.92. The van der Waals surface area contributed by atoms with E-state index in [9.17, 15) is 14.0 Å². The maximum Gasteiger partial charge on any atom is 0.308 e. The van der Waals surface area contributed by atoms with Gasteiger partial charge in [-0.3, -0.25) is 9.59 Å². The van der Waals surface area contributed by atoms with E-state index < -0.39 is 23.8 Å². The monoisotopic (exact) mass is 329 g/mol. The highest BCUT2D eigenvalue weighted by Gasteiger charge is 2.31. The standard InChI is InChI=1S/C15H17ClFNO4/c1-9(22-13-5-4-11(17)7-12(13)16)14(19)18-6-2-3-10(8-18)15(20)21/h4-5,7,9-10H,2-3,6,8H2,1H3,(H,20,21)/t9-,10+/m0/s1. The maximum atomic E-state index is 13.0. The van der Waals surface area contributed by atoms with Crippen LogP contribution in [-0.4, -0.2) is 41.1 Å². The summed E-state index contributed by atoms with van der Waals surface area (Å²) in [5.41, 5.74) is 0. The van der Waals surface area contributed by atoms with Crippen molar-refractivity contribution < 1.29 is 23.8 Å². The number of ether oxygens (including phenoxy) is 1. The van der Waals surface area contributed by atoms with E-state index in [4.69, 9.17) is 21.4 Å². The zero-order valence-electron chi connectivity index (χ0n) is 12.1. The number of hydrogen-bond donors (Lipinski definition) is 1. The first kappa shape index (κ1) is 16.5. The van der Waals surface area contributed by atoms with Crippen molar-refractivity contribution in [1.29, 1.82) is 0 Å². The Morgan fingerprint density at radius 2 is 2.23 bits per heavy atom. The molecule has 1 aliphatic rings. The number of benzene rings is 1. The molecule has 1 saturated heterocycles. The Labute approximate surface area is 132 Å². The zero-order valence-corrected chi connectivity index (χ0v) is 12.8. The number of likely N-dealkylation sites (tertiary alicyclic amines) is 1. The molecule has 120 valence electrons. The van der Waals surface area contributed by atoms with Gasteiger partial charge < -0.3 is 14.7 Å². The fraction of sp³-hybridized carbons (Fsp3) is 0.467. The molecule has 5 nitrogen and oxygen atoms in total. The van der Waals surface area contributed by atoms with E-state index in [1.807, 2.05) is 0 Å². The fourth-order valence-corrected chi connectivity index (χ4v) is 2.66. The van der Waals surface area contributed by atoms with Crippen LogP contribution in [-0.2, 0) is 9.59 Å². The van der Waals surface area contributed by atoms with Crippen molar-refractivity contribution >= 4 is 23.5 Å². The van der Waals surface area contributed by atoms with Gasteiger partial charge in [0.1, 0.15) is 11.6 Å². The van der Waals surface area contributed by atoms with Crippen molar-refractivity contribution in [2.75, 3.05) is 13.1 Å². The van der Waals surface area contributed by atoms with Gasteiger partial charge in [-0.25, -0.2) is 4.39 Å². The summed E-state index contributed by atoms with van der Waals surface area (Å²) in [5, 5.41) is 9.14. The molecule has 1 N–H and O–H groups in total. The second-order valence-electron chi connectivity index (χ2n) is 5.30. The van der Waals surface area contributed by atoms with E-state index in [1.165, 1.54) is 17.0 Å². The molecule has 1 aliphatic heterocycles. The number of rotatable bonds is 4. The van der Waals surface area contributed by atoms with Crippen LogP contribution in [0.3, 0.4) is 0 Å². The van der Waals surface area contributed by atoms with E-state index in [0.717, 1.165) is 6.07 Å². The smallest absolute Gasteiger partial charge is 0.308 e. The first-order valence-corrected chi connectivity index (χ1v) is 7.39. The van der Waals surface area contributed by atoms with E-state index in [-0.39, 0.29) is 23.2 Å². The summed E-state index contributed by atoms with van der Waals surface area (Å²) in [5.74, 6) is -2.01. The minimum atomic E-state index is -0.896. The number of carbonyl (C=O) groups excluding carboxylic acids is 1. The summed E-state index contributed by atoms with van der Waals surface area (Å²) in [7, 11) is 0. The molecule has 1 aromatic carbocycles. The van der Waals surface area contributed by atoms with Crippen molar-refractivity contribution in [3.05, 3.63) is 29.0 Å². The van der Waals surface area contributed by atoms with E-state index >= 15 is 0 Å². The minimum Gasteiger partial charge on any atom is -0.481 e. The Bertz CT molecular complexity index is 581. The lowest BCUT2D eigenvalue weighted by Gasteiger charge is -2.32. The van der Waals surface area contributed by atoms with Gasteiger partial charge in [0.25, 0.3) is 5.91 Å². The van der Waals surface area contributed by atoms with Gasteiger partial charge in [-0.15, -0.1) is 0 Å². The average Bonchev–Trinajstić information content (AvgIpc) is 2.49. The van der Waals surface area contributed by atoms with Crippen LogP contribution in [0.15, 0.2) is 18.2 Å². The summed E-state index contributed by atoms with van der Waals surface area (Å²) in [6.07, 6.45) is 0.390. The Hall–Kier alpha value is -1.82. The van der Waals surface area contributed by atoms with Gasteiger partial charge in [0, 0.05) is 13.1 Å². The van der Waals surface area contributed by atoms with Gasteiger partial charge in [0.05, 0.1) is 10.9 Å². The Kier molecular flexibility index (Phi) is 5.24. The first-order valence-electron chi connectivity index (χ1n) is 7.01. The van der Waals surface area contributed by atoms with Crippen LogP contribution in [0.2, 0.25) is 5.02 Å². The molecule has 22 heavy (non-hydrogen) atoms. The number of amides is 1. The summed E-state index contributed by atoms with van der Waals surface area (Å²) >= 11 is 5.86. The average molecular weight is 330 g/mol. The molecule has 2 rings (SSSR count). The third kappa shape index (κ3) is 3.88. The van der Waals surface area contributed by atoms with E-state index in [1.54, 1.807) is 6.92 Å². The minimum absolute atomic E-state index is 0.0849. The normalized spacial score (nSPS) is 19.6. The number of carboxylic acids is 1. The molecule has 1 aromatic rings. The molecule has 0 radical (unpaired) electrons. The van der Waals surface area contributed by atoms with Crippen LogP contribution in [0.4, 0.5) is 4.39 Å². The summed E-state index contributed by atoms with van der Waals surface area (Å²) in [6, 6.07) is 3.66. The Morgan fingerprint density at radius 1 is 1.50 bits per heavy atom. The van der Waals surface area contributed by atoms with Gasteiger partial charge in [0.2, 0.25) is 0 Å². The van der Waals surface area contributed by atoms with Crippen molar-refractivity contribution in [3.63, 3.8) is 0 Å². The van der Waals surface area contributed by atoms with Crippen LogP contribution in [0.25, 0.3) is 0 Å².